The highest BCUT2D eigenvalue weighted by Gasteiger charge is 2.17. The Kier molecular flexibility index (Phi) is 3.15. The van der Waals surface area contributed by atoms with Crippen LogP contribution < -0.4 is 11.1 Å². The number of halogens is 1. The summed E-state index contributed by atoms with van der Waals surface area (Å²) < 4.78 is 0. The Balaban J connectivity index is 2.11. The number of nitrogens with two attached hydrogens (primary N) is 1. The van der Waals surface area contributed by atoms with E-state index in [1.807, 2.05) is 0 Å². The molecule has 4 heteroatoms. The zero-order valence-electron chi connectivity index (χ0n) is 8.74. The van der Waals surface area contributed by atoms with E-state index in [-0.39, 0.29) is 11.9 Å². The van der Waals surface area contributed by atoms with Crippen LogP contribution in [0.25, 0.3) is 0 Å². The number of amides is 1. The molecule has 1 aliphatic carbocycles. The van der Waals surface area contributed by atoms with E-state index in [9.17, 15) is 4.79 Å². The lowest BCUT2D eigenvalue weighted by Crippen LogP contribution is -2.33. The van der Waals surface area contributed by atoms with E-state index >= 15 is 0 Å². The summed E-state index contributed by atoms with van der Waals surface area (Å²) in [5.41, 5.74) is 6.51. The summed E-state index contributed by atoms with van der Waals surface area (Å²) in [6.45, 7) is 0. The molecule has 0 bridgehead atoms. The van der Waals surface area contributed by atoms with Crippen LogP contribution in [0.2, 0.25) is 5.02 Å². The van der Waals surface area contributed by atoms with Crippen LogP contribution in [0, 0.1) is 0 Å². The Hall–Kier alpha value is -1.48. The molecule has 3 nitrogen and oxygen atoms in total. The summed E-state index contributed by atoms with van der Waals surface area (Å²) >= 11 is 5.97. The van der Waals surface area contributed by atoms with E-state index in [1.54, 1.807) is 18.2 Å². The first kappa shape index (κ1) is 11.0. The molecule has 0 atom stereocenters. The molecule has 0 saturated carbocycles. The molecular weight excluding hydrogens is 224 g/mol. The van der Waals surface area contributed by atoms with E-state index in [1.165, 1.54) is 0 Å². The summed E-state index contributed by atoms with van der Waals surface area (Å²) in [6.07, 6.45) is 5.88. The Morgan fingerprint density at radius 3 is 2.75 bits per heavy atom. The number of carbonyl (C=O) groups excluding carboxylic acids is 1. The molecule has 0 radical (unpaired) electrons. The molecule has 0 fully saturated rings. The SMILES string of the molecule is Nc1cccc(C(=O)NC2CC=CC2)c1Cl. The van der Waals surface area contributed by atoms with Crippen LogP contribution in [0.3, 0.4) is 0 Å². The van der Waals surface area contributed by atoms with E-state index in [2.05, 4.69) is 17.5 Å². The number of rotatable bonds is 2. The molecule has 1 aromatic rings. The first-order chi connectivity index (χ1) is 7.68. The summed E-state index contributed by atoms with van der Waals surface area (Å²) in [6, 6.07) is 5.26. The van der Waals surface area contributed by atoms with Gasteiger partial charge in [-0.15, -0.1) is 0 Å². The van der Waals surface area contributed by atoms with Crippen LogP contribution in [0.4, 0.5) is 5.69 Å². The Bertz CT molecular complexity index is 435. The topological polar surface area (TPSA) is 55.1 Å². The Labute approximate surface area is 99.3 Å². The van der Waals surface area contributed by atoms with Gasteiger partial charge in [0.15, 0.2) is 0 Å². The summed E-state index contributed by atoms with van der Waals surface area (Å²) in [4.78, 5) is 11.9. The smallest absolute Gasteiger partial charge is 0.253 e. The van der Waals surface area contributed by atoms with Crippen LogP contribution in [0.1, 0.15) is 23.2 Å². The van der Waals surface area contributed by atoms with Gasteiger partial charge in [0.25, 0.3) is 5.91 Å². The van der Waals surface area contributed by atoms with Crippen LogP contribution in [0.15, 0.2) is 30.4 Å². The molecule has 2 rings (SSSR count). The second kappa shape index (κ2) is 4.58. The average molecular weight is 237 g/mol. The lowest BCUT2D eigenvalue weighted by Gasteiger charge is -2.13. The van der Waals surface area contributed by atoms with Crippen molar-refractivity contribution < 1.29 is 4.79 Å². The first-order valence-electron chi connectivity index (χ1n) is 5.18. The average Bonchev–Trinajstić information content (AvgIpc) is 2.74. The van der Waals surface area contributed by atoms with Crippen molar-refractivity contribution in [2.24, 2.45) is 0 Å². The highest BCUT2D eigenvalue weighted by molar-refractivity contribution is 6.36. The number of hydrogen-bond acceptors (Lipinski definition) is 2. The summed E-state index contributed by atoms with van der Waals surface area (Å²) in [7, 11) is 0. The predicted molar refractivity (Wildman–Crippen MR) is 65.5 cm³/mol. The molecule has 0 spiro atoms. The van der Waals surface area contributed by atoms with Crippen molar-refractivity contribution in [3.8, 4) is 0 Å². The summed E-state index contributed by atoms with van der Waals surface area (Å²) in [5, 5.41) is 3.25. The molecule has 0 saturated heterocycles. The fraction of sp³-hybridized carbons (Fsp3) is 0.250. The largest absolute Gasteiger partial charge is 0.398 e. The van der Waals surface area contributed by atoms with Gasteiger partial charge in [0, 0.05) is 6.04 Å². The van der Waals surface area contributed by atoms with Crippen molar-refractivity contribution in [1.29, 1.82) is 0 Å². The number of nitrogen functional groups attached to an aromatic ring is 1. The third kappa shape index (κ3) is 2.19. The fourth-order valence-electron chi connectivity index (χ4n) is 1.72. The van der Waals surface area contributed by atoms with Gasteiger partial charge in [-0.05, 0) is 25.0 Å². The molecule has 1 aliphatic rings. The molecule has 3 N–H and O–H groups in total. The third-order valence-corrected chi connectivity index (χ3v) is 3.04. The maximum Gasteiger partial charge on any atom is 0.253 e. The minimum absolute atomic E-state index is 0.161. The van der Waals surface area contributed by atoms with Crippen molar-refractivity contribution in [1.82, 2.24) is 5.32 Å². The molecule has 0 heterocycles. The van der Waals surface area contributed by atoms with Gasteiger partial charge in [0.05, 0.1) is 16.3 Å². The molecule has 0 aromatic heterocycles. The maximum atomic E-state index is 11.9. The number of benzene rings is 1. The zero-order valence-corrected chi connectivity index (χ0v) is 9.50. The van der Waals surface area contributed by atoms with Gasteiger partial charge in [-0.1, -0.05) is 29.8 Å². The molecule has 84 valence electrons. The quantitative estimate of drug-likeness (QED) is 0.612. The molecular formula is C12H13ClN2O. The number of hydrogen-bond donors (Lipinski definition) is 2. The third-order valence-electron chi connectivity index (χ3n) is 2.62. The second-order valence-corrected chi connectivity index (χ2v) is 4.20. The van der Waals surface area contributed by atoms with Gasteiger partial charge >= 0.3 is 0 Å². The van der Waals surface area contributed by atoms with Gasteiger partial charge in [0.1, 0.15) is 0 Å². The highest BCUT2D eigenvalue weighted by atomic mass is 35.5. The van der Waals surface area contributed by atoms with E-state index < -0.39 is 0 Å². The van der Waals surface area contributed by atoms with E-state index in [4.69, 9.17) is 17.3 Å². The van der Waals surface area contributed by atoms with Crippen LogP contribution in [-0.2, 0) is 0 Å². The van der Waals surface area contributed by atoms with Crippen molar-refractivity contribution in [3.63, 3.8) is 0 Å². The Morgan fingerprint density at radius 1 is 1.38 bits per heavy atom. The van der Waals surface area contributed by atoms with Gasteiger partial charge in [-0.25, -0.2) is 0 Å². The molecule has 1 amide bonds. The van der Waals surface area contributed by atoms with Gasteiger partial charge in [-0.3, -0.25) is 4.79 Å². The normalized spacial score (nSPS) is 15.3. The summed E-state index contributed by atoms with van der Waals surface area (Å²) in [5.74, 6) is -0.161. The van der Waals surface area contributed by atoms with Crippen LogP contribution in [-0.4, -0.2) is 11.9 Å². The lowest BCUT2D eigenvalue weighted by molar-refractivity contribution is 0.0939. The van der Waals surface area contributed by atoms with E-state index in [0.29, 0.717) is 16.3 Å². The zero-order chi connectivity index (χ0) is 11.5. The first-order valence-corrected chi connectivity index (χ1v) is 5.56. The van der Waals surface area contributed by atoms with E-state index in [0.717, 1.165) is 12.8 Å². The molecule has 0 unspecified atom stereocenters. The highest BCUT2D eigenvalue weighted by Crippen LogP contribution is 2.23. The maximum absolute atomic E-state index is 11.9. The van der Waals surface area contributed by atoms with Crippen molar-refractivity contribution >= 4 is 23.2 Å². The molecule has 16 heavy (non-hydrogen) atoms. The van der Waals surface area contributed by atoms with Crippen molar-refractivity contribution in [2.45, 2.75) is 18.9 Å². The number of anilines is 1. The number of nitrogens with one attached hydrogen (secondary N) is 1. The van der Waals surface area contributed by atoms with Crippen molar-refractivity contribution in [3.05, 3.63) is 40.9 Å². The lowest BCUT2D eigenvalue weighted by atomic mass is 10.1. The molecule has 0 aliphatic heterocycles. The minimum atomic E-state index is -0.161. The van der Waals surface area contributed by atoms with Gasteiger partial charge in [-0.2, -0.15) is 0 Å². The predicted octanol–water partition coefficient (Wildman–Crippen LogP) is 2.37. The Morgan fingerprint density at radius 2 is 2.06 bits per heavy atom. The second-order valence-electron chi connectivity index (χ2n) is 3.82. The van der Waals surface area contributed by atoms with Gasteiger partial charge < -0.3 is 11.1 Å². The van der Waals surface area contributed by atoms with Gasteiger partial charge in [0.2, 0.25) is 0 Å². The molecule has 1 aromatic carbocycles. The standard InChI is InChI=1S/C12H13ClN2O/c13-11-9(6-3-7-10(11)14)12(16)15-8-4-1-2-5-8/h1-3,6-8H,4-5,14H2,(H,15,16). The number of carbonyl (C=O) groups is 1. The van der Waals surface area contributed by atoms with Crippen molar-refractivity contribution in [2.75, 3.05) is 5.73 Å². The monoisotopic (exact) mass is 236 g/mol. The minimum Gasteiger partial charge on any atom is -0.398 e. The van der Waals surface area contributed by atoms with Crippen LogP contribution >= 0.6 is 11.6 Å². The van der Waals surface area contributed by atoms with Crippen LogP contribution in [0.5, 0.6) is 0 Å². The fourth-order valence-corrected chi connectivity index (χ4v) is 1.94.